The molecule has 27 heavy (non-hydrogen) atoms. The van der Waals surface area contributed by atoms with Gasteiger partial charge in [0.25, 0.3) is 5.56 Å². The molecule has 0 spiro atoms. The Bertz CT molecular complexity index is 1210. The zero-order chi connectivity index (χ0) is 19.0. The Hall–Kier alpha value is -3.48. The van der Waals surface area contributed by atoms with E-state index in [9.17, 15) is 13.6 Å². The number of hydrogen-bond donors (Lipinski definition) is 0. The van der Waals surface area contributed by atoms with Gasteiger partial charge in [0.05, 0.1) is 11.7 Å². The van der Waals surface area contributed by atoms with Crippen molar-refractivity contribution in [2.24, 2.45) is 7.05 Å². The molecule has 0 saturated heterocycles. The molecular weight excluding hydrogens is 350 g/mol. The second kappa shape index (κ2) is 6.68. The highest BCUT2D eigenvalue weighted by molar-refractivity contribution is 5.91. The van der Waals surface area contributed by atoms with Crippen LogP contribution in [0.5, 0.6) is 0 Å². The van der Waals surface area contributed by atoms with Crippen molar-refractivity contribution in [3.63, 3.8) is 0 Å². The first-order chi connectivity index (χ1) is 13.0. The zero-order valence-corrected chi connectivity index (χ0v) is 14.4. The summed E-state index contributed by atoms with van der Waals surface area (Å²) in [6.45, 7) is 0. The molecule has 7 heteroatoms. The summed E-state index contributed by atoms with van der Waals surface area (Å²) in [5, 5.41) is 8.59. The highest BCUT2D eigenvalue weighted by atomic mass is 19.1. The average Bonchev–Trinajstić information content (AvgIpc) is 2.66. The van der Waals surface area contributed by atoms with Crippen LogP contribution >= 0.6 is 0 Å². The average molecular weight is 364 g/mol. The van der Waals surface area contributed by atoms with Gasteiger partial charge in [0.15, 0.2) is 0 Å². The third-order valence-electron chi connectivity index (χ3n) is 4.43. The summed E-state index contributed by atoms with van der Waals surface area (Å²) < 4.78 is 28.9. The molecule has 0 aliphatic rings. The van der Waals surface area contributed by atoms with Crippen molar-refractivity contribution in [3.8, 4) is 11.3 Å². The molecular formula is C20H14F2N4O. The molecule has 134 valence electrons. The van der Waals surface area contributed by atoms with Gasteiger partial charge >= 0.3 is 0 Å². The van der Waals surface area contributed by atoms with E-state index in [0.717, 1.165) is 17.7 Å². The first-order valence-corrected chi connectivity index (χ1v) is 8.23. The molecule has 4 aromatic rings. The molecule has 0 aliphatic carbocycles. The van der Waals surface area contributed by atoms with E-state index in [1.807, 2.05) is 12.1 Å². The molecule has 4 rings (SSSR count). The highest BCUT2D eigenvalue weighted by Crippen LogP contribution is 2.27. The van der Waals surface area contributed by atoms with Gasteiger partial charge in [-0.25, -0.2) is 8.78 Å². The van der Waals surface area contributed by atoms with Gasteiger partial charge in [-0.3, -0.25) is 9.78 Å². The summed E-state index contributed by atoms with van der Waals surface area (Å²) in [5.74, 6) is -1.44. The maximum absolute atomic E-state index is 14.3. The molecule has 1 aromatic carbocycles. The minimum atomic E-state index is -0.759. The second-order valence-electron chi connectivity index (χ2n) is 6.19. The largest absolute Gasteiger partial charge is 0.309 e. The fourth-order valence-corrected chi connectivity index (χ4v) is 3.13. The summed E-state index contributed by atoms with van der Waals surface area (Å²) in [5.41, 5.74) is 2.05. The number of fused-ring (bicyclic) bond motifs is 1. The highest BCUT2D eigenvalue weighted by Gasteiger charge is 2.16. The van der Waals surface area contributed by atoms with Crippen molar-refractivity contribution in [2.75, 3.05) is 0 Å². The maximum atomic E-state index is 14.3. The van der Waals surface area contributed by atoms with E-state index in [0.29, 0.717) is 22.9 Å². The Balaban J connectivity index is 1.92. The van der Waals surface area contributed by atoms with Gasteiger partial charge in [-0.1, -0.05) is 0 Å². The zero-order valence-electron chi connectivity index (χ0n) is 14.4. The lowest BCUT2D eigenvalue weighted by Gasteiger charge is -2.12. The number of pyridine rings is 2. The van der Waals surface area contributed by atoms with Crippen molar-refractivity contribution in [1.82, 2.24) is 19.7 Å². The Morgan fingerprint density at radius 2 is 1.85 bits per heavy atom. The number of rotatable bonds is 3. The van der Waals surface area contributed by atoms with E-state index in [-0.39, 0.29) is 16.8 Å². The van der Waals surface area contributed by atoms with E-state index in [4.69, 9.17) is 0 Å². The molecule has 0 atom stereocenters. The molecule has 0 bridgehead atoms. The molecule has 0 N–H and O–H groups in total. The normalized spacial score (nSPS) is 11.1. The molecule has 0 aliphatic heterocycles. The lowest BCUT2D eigenvalue weighted by molar-refractivity contribution is 0.585. The van der Waals surface area contributed by atoms with Crippen LogP contribution in [0.15, 0.2) is 59.8 Å². The Labute approximate surface area is 153 Å². The van der Waals surface area contributed by atoms with Crippen LogP contribution in [0, 0.1) is 11.6 Å². The summed E-state index contributed by atoms with van der Waals surface area (Å²) >= 11 is 0. The predicted octanol–water partition coefficient (Wildman–Crippen LogP) is 3.26. The van der Waals surface area contributed by atoms with Gasteiger partial charge in [0, 0.05) is 48.4 Å². The van der Waals surface area contributed by atoms with Gasteiger partial charge < -0.3 is 4.57 Å². The van der Waals surface area contributed by atoms with Gasteiger partial charge in [-0.2, -0.15) is 5.10 Å². The third kappa shape index (κ3) is 3.08. The SMILES string of the molecule is Cn1c(=O)c(Cc2ccncc2)cc2cnnc(-c3ccc(F)cc3F)c21. The van der Waals surface area contributed by atoms with Crippen LogP contribution < -0.4 is 5.56 Å². The van der Waals surface area contributed by atoms with Crippen LogP contribution in [-0.2, 0) is 13.5 Å². The number of aromatic nitrogens is 4. The topological polar surface area (TPSA) is 60.7 Å². The Kier molecular flexibility index (Phi) is 4.19. The lowest BCUT2D eigenvalue weighted by Crippen LogP contribution is -2.22. The number of nitrogens with zero attached hydrogens (tertiary/aromatic N) is 4. The molecule has 0 radical (unpaired) electrons. The fraction of sp³-hybridized carbons (Fsp3) is 0.100. The summed E-state index contributed by atoms with van der Waals surface area (Å²) in [4.78, 5) is 16.8. The maximum Gasteiger partial charge on any atom is 0.254 e. The molecule has 0 saturated carbocycles. The smallest absolute Gasteiger partial charge is 0.254 e. The molecule has 0 amide bonds. The third-order valence-corrected chi connectivity index (χ3v) is 4.43. The van der Waals surface area contributed by atoms with Crippen LogP contribution in [0.4, 0.5) is 8.78 Å². The standard InChI is InChI=1S/C20H14F2N4O/c1-26-19-14(9-13(20(26)27)8-12-4-6-23-7-5-12)11-24-25-18(19)16-3-2-15(21)10-17(16)22/h2-7,9-11H,8H2,1H3. The van der Waals surface area contributed by atoms with Crippen LogP contribution in [0.25, 0.3) is 22.2 Å². The molecule has 0 unspecified atom stereocenters. The van der Waals surface area contributed by atoms with Gasteiger partial charge in [0.2, 0.25) is 0 Å². The van der Waals surface area contributed by atoms with E-state index >= 15 is 0 Å². The van der Waals surface area contributed by atoms with Crippen LogP contribution in [0.1, 0.15) is 11.1 Å². The summed E-state index contributed by atoms with van der Waals surface area (Å²) in [7, 11) is 1.60. The molecule has 3 heterocycles. The fourth-order valence-electron chi connectivity index (χ4n) is 3.13. The minimum Gasteiger partial charge on any atom is -0.309 e. The van der Waals surface area contributed by atoms with E-state index in [1.54, 1.807) is 25.5 Å². The quantitative estimate of drug-likeness (QED) is 0.560. The van der Waals surface area contributed by atoms with Crippen LogP contribution in [0.2, 0.25) is 0 Å². The number of benzene rings is 1. The van der Waals surface area contributed by atoms with Crippen LogP contribution in [-0.4, -0.2) is 19.7 Å². The number of hydrogen-bond acceptors (Lipinski definition) is 4. The Morgan fingerprint density at radius 3 is 2.59 bits per heavy atom. The van der Waals surface area contributed by atoms with E-state index in [2.05, 4.69) is 15.2 Å². The molecule has 0 fully saturated rings. The van der Waals surface area contributed by atoms with Gasteiger partial charge in [0.1, 0.15) is 17.3 Å². The van der Waals surface area contributed by atoms with Crippen LogP contribution in [0.3, 0.4) is 0 Å². The summed E-state index contributed by atoms with van der Waals surface area (Å²) in [6.07, 6.45) is 5.30. The summed E-state index contributed by atoms with van der Waals surface area (Å²) in [6, 6.07) is 8.64. The van der Waals surface area contributed by atoms with Crippen molar-refractivity contribution in [3.05, 3.63) is 88.1 Å². The van der Waals surface area contributed by atoms with E-state index < -0.39 is 11.6 Å². The minimum absolute atomic E-state index is 0.0892. The van der Waals surface area contributed by atoms with Gasteiger partial charge in [-0.05, 0) is 35.9 Å². The molecule has 3 aromatic heterocycles. The van der Waals surface area contributed by atoms with Crippen molar-refractivity contribution >= 4 is 10.9 Å². The Morgan fingerprint density at radius 1 is 1.07 bits per heavy atom. The molecule has 5 nitrogen and oxygen atoms in total. The van der Waals surface area contributed by atoms with Crippen molar-refractivity contribution in [2.45, 2.75) is 6.42 Å². The predicted molar refractivity (Wildman–Crippen MR) is 97.2 cm³/mol. The van der Waals surface area contributed by atoms with Crippen molar-refractivity contribution in [1.29, 1.82) is 0 Å². The first kappa shape index (κ1) is 17.0. The van der Waals surface area contributed by atoms with Crippen molar-refractivity contribution < 1.29 is 8.78 Å². The first-order valence-electron chi connectivity index (χ1n) is 8.23. The lowest BCUT2D eigenvalue weighted by atomic mass is 10.0. The van der Waals surface area contributed by atoms with Gasteiger partial charge in [-0.15, -0.1) is 5.10 Å². The van der Waals surface area contributed by atoms with E-state index in [1.165, 1.54) is 16.8 Å². The number of halogens is 2. The number of aryl methyl sites for hydroxylation is 1. The monoisotopic (exact) mass is 364 g/mol. The second-order valence-corrected chi connectivity index (χ2v) is 6.19.